The molecule has 0 aliphatic rings. The highest BCUT2D eigenvalue weighted by Crippen LogP contribution is 2.21. The molecule has 0 radical (unpaired) electrons. The van der Waals surface area contributed by atoms with Gasteiger partial charge in [0.1, 0.15) is 5.75 Å². The molecule has 0 unspecified atom stereocenters. The predicted molar refractivity (Wildman–Crippen MR) is 77.1 cm³/mol. The highest BCUT2D eigenvalue weighted by atomic mass is 16.3. The van der Waals surface area contributed by atoms with Gasteiger partial charge in [-0.2, -0.15) is 0 Å². The maximum absolute atomic E-state index is 9.87. The molecule has 0 atom stereocenters. The molecule has 0 fully saturated rings. The number of aliphatic hydroxyl groups excluding tert-OH is 1. The number of nitrogens with zero attached hydrogens (tertiary/aromatic N) is 2. The van der Waals surface area contributed by atoms with Crippen molar-refractivity contribution in [3.63, 3.8) is 0 Å². The molecule has 0 aliphatic carbocycles. The Bertz CT molecular complexity index is 400. The second kappa shape index (κ2) is 6.87. The molecule has 1 aromatic rings. The van der Waals surface area contributed by atoms with Crippen molar-refractivity contribution >= 4 is 0 Å². The second-order valence-corrected chi connectivity index (χ2v) is 6.27. The first-order valence-electron chi connectivity index (χ1n) is 6.80. The van der Waals surface area contributed by atoms with Crippen molar-refractivity contribution in [2.75, 3.05) is 19.7 Å². The quantitative estimate of drug-likeness (QED) is 0.829. The molecule has 2 N–H and O–H groups in total. The van der Waals surface area contributed by atoms with E-state index in [9.17, 15) is 5.11 Å². The van der Waals surface area contributed by atoms with E-state index >= 15 is 0 Å². The molecule has 4 heteroatoms. The summed E-state index contributed by atoms with van der Waals surface area (Å²) in [5, 5.41) is 18.9. The Morgan fingerprint density at radius 1 is 1.26 bits per heavy atom. The van der Waals surface area contributed by atoms with Gasteiger partial charge in [0, 0.05) is 31.9 Å². The number of aryl methyl sites for hydroxylation is 1. The van der Waals surface area contributed by atoms with Gasteiger partial charge in [-0.15, -0.1) is 0 Å². The van der Waals surface area contributed by atoms with Crippen LogP contribution >= 0.6 is 0 Å². The van der Waals surface area contributed by atoms with E-state index in [4.69, 9.17) is 5.11 Å². The van der Waals surface area contributed by atoms with Gasteiger partial charge in [-0.25, -0.2) is 0 Å². The number of aromatic hydroxyl groups is 1. The minimum atomic E-state index is 0.175. The van der Waals surface area contributed by atoms with Gasteiger partial charge in [0.2, 0.25) is 0 Å². The molecule has 0 spiro atoms. The van der Waals surface area contributed by atoms with Crippen LogP contribution in [0.1, 0.15) is 38.6 Å². The van der Waals surface area contributed by atoms with Crippen LogP contribution in [0.2, 0.25) is 0 Å². The first kappa shape index (κ1) is 15.9. The van der Waals surface area contributed by atoms with E-state index in [2.05, 4.69) is 30.7 Å². The lowest BCUT2D eigenvalue weighted by Crippen LogP contribution is -2.33. The SMILES string of the molecule is Cc1ccc(O)c(CN(CCCO)CC(C)(C)C)n1. The second-order valence-electron chi connectivity index (χ2n) is 6.27. The van der Waals surface area contributed by atoms with Crippen LogP contribution in [0, 0.1) is 12.3 Å². The Labute approximate surface area is 116 Å². The number of hydrogen-bond acceptors (Lipinski definition) is 4. The highest BCUT2D eigenvalue weighted by Gasteiger charge is 2.18. The molecule has 0 amide bonds. The maximum Gasteiger partial charge on any atom is 0.138 e. The van der Waals surface area contributed by atoms with Crippen molar-refractivity contribution in [3.8, 4) is 5.75 Å². The van der Waals surface area contributed by atoms with Gasteiger partial charge in [-0.3, -0.25) is 9.88 Å². The van der Waals surface area contributed by atoms with Crippen LogP contribution in [-0.4, -0.2) is 39.8 Å². The van der Waals surface area contributed by atoms with Crippen molar-refractivity contribution in [1.29, 1.82) is 0 Å². The summed E-state index contributed by atoms with van der Waals surface area (Å²) in [5.74, 6) is 0.244. The van der Waals surface area contributed by atoms with Crippen LogP contribution in [0.5, 0.6) is 5.75 Å². The lowest BCUT2D eigenvalue weighted by molar-refractivity contribution is 0.163. The summed E-state index contributed by atoms with van der Waals surface area (Å²) in [6.45, 7) is 11.0. The first-order chi connectivity index (χ1) is 8.81. The fraction of sp³-hybridized carbons (Fsp3) is 0.667. The lowest BCUT2D eigenvalue weighted by atomic mass is 9.96. The van der Waals surface area contributed by atoms with Gasteiger partial charge < -0.3 is 10.2 Å². The third-order valence-corrected chi connectivity index (χ3v) is 2.79. The van der Waals surface area contributed by atoms with Gasteiger partial charge in [0.15, 0.2) is 0 Å². The first-order valence-corrected chi connectivity index (χ1v) is 6.80. The molecule has 0 bridgehead atoms. The van der Waals surface area contributed by atoms with Gasteiger partial charge in [-0.05, 0) is 30.9 Å². The van der Waals surface area contributed by atoms with Crippen molar-refractivity contribution < 1.29 is 10.2 Å². The minimum Gasteiger partial charge on any atom is -0.506 e. The maximum atomic E-state index is 9.87. The van der Waals surface area contributed by atoms with Gasteiger partial charge in [-0.1, -0.05) is 20.8 Å². The van der Waals surface area contributed by atoms with Crippen molar-refractivity contribution in [1.82, 2.24) is 9.88 Å². The fourth-order valence-electron chi connectivity index (χ4n) is 2.11. The molecule has 1 heterocycles. The Kier molecular flexibility index (Phi) is 5.76. The molecule has 4 nitrogen and oxygen atoms in total. The number of aliphatic hydroxyl groups is 1. The van der Waals surface area contributed by atoms with E-state index in [0.29, 0.717) is 12.2 Å². The van der Waals surface area contributed by atoms with E-state index in [1.165, 1.54) is 0 Å². The summed E-state index contributed by atoms with van der Waals surface area (Å²) in [7, 11) is 0. The van der Waals surface area contributed by atoms with E-state index in [1.54, 1.807) is 12.1 Å². The number of aromatic nitrogens is 1. The van der Waals surface area contributed by atoms with Crippen LogP contribution in [0.15, 0.2) is 12.1 Å². The Balaban J connectivity index is 2.78. The monoisotopic (exact) mass is 266 g/mol. The highest BCUT2D eigenvalue weighted by molar-refractivity contribution is 5.27. The summed E-state index contributed by atoms with van der Waals surface area (Å²) in [6.07, 6.45) is 0.739. The minimum absolute atomic E-state index is 0.175. The van der Waals surface area contributed by atoms with Crippen molar-refractivity contribution in [2.24, 2.45) is 5.41 Å². The van der Waals surface area contributed by atoms with E-state index in [1.807, 2.05) is 6.92 Å². The van der Waals surface area contributed by atoms with Gasteiger partial charge in [0.05, 0.1) is 5.69 Å². The normalized spacial score (nSPS) is 12.1. The Hall–Kier alpha value is -1.13. The number of hydrogen-bond donors (Lipinski definition) is 2. The van der Waals surface area contributed by atoms with Crippen molar-refractivity contribution in [3.05, 3.63) is 23.5 Å². The largest absolute Gasteiger partial charge is 0.506 e. The molecule has 0 aliphatic heterocycles. The molecule has 1 aromatic heterocycles. The van der Waals surface area contributed by atoms with E-state index < -0.39 is 0 Å². The third kappa shape index (κ3) is 6.03. The number of rotatable bonds is 6. The fourth-order valence-corrected chi connectivity index (χ4v) is 2.11. The number of pyridine rings is 1. The molecule has 19 heavy (non-hydrogen) atoms. The van der Waals surface area contributed by atoms with Crippen LogP contribution in [0.4, 0.5) is 0 Å². The summed E-state index contributed by atoms with van der Waals surface area (Å²) in [6, 6.07) is 3.50. The molecule has 0 saturated carbocycles. The molecule has 108 valence electrons. The van der Waals surface area contributed by atoms with Crippen molar-refractivity contribution in [2.45, 2.75) is 40.7 Å². The zero-order valence-electron chi connectivity index (χ0n) is 12.5. The lowest BCUT2D eigenvalue weighted by Gasteiger charge is -2.29. The zero-order chi connectivity index (χ0) is 14.5. The molecule has 1 rings (SSSR count). The van der Waals surface area contributed by atoms with Gasteiger partial charge in [0.25, 0.3) is 0 Å². The molecular weight excluding hydrogens is 240 g/mol. The smallest absolute Gasteiger partial charge is 0.138 e. The molecular formula is C15H26N2O2. The standard InChI is InChI=1S/C15H26N2O2/c1-12-6-7-14(19)13(16-12)10-17(8-5-9-18)11-15(2,3)4/h6-7,18-19H,5,8-11H2,1-4H3. The molecule has 0 saturated heterocycles. The summed E-state index contributed by atoms with van der Waals surface area (Å²) < 4.78 is 0. The average molecular weight is 266 g/mol. The van der Waals surface area contributed by atoms with E-state index in [-0.39, 0.29) is 17.8 Å². The van der Waals surface area contributed by atoms with Crippen LogP contribution in [0.25, 0.3) is 0 Å². The van der Waals surface area contributed by atoms with Gasteiger partial charge >= 0.3 is 0 Å². The summed E-state index contributed by atoms with van der Waals surface area (Å²) >= 11 is 0. The topological polar surface area (TPSA) is 56.6 Å². The summed E-state index contributed by atoms with van der Waals surface area (Å²) in [5.41, 5.74) is 1.79. The Morgan fingerprint density at radius 2 is 1.95 bits per heavy atom. The average Bonchev–Trinajstić information content (AvgIpc) is 2.29. The Morgan fingerprint density at radius 3 is 2.53 bits per heavy atom. The van der Waals surface area contributed by atoms with Crippen LogP contribution in [0.3, 0.4) is 0 Å². The van der Waals surface area contributed by atoms with Crippen LogP contribution in [-0.2, 0) is 6.54 Å². The van der Waals surface area contributed by atoms with E-state index in [0.717, 1.165) is 25.2 Å². The van der Waals surface area contributed by atoms with Crippen LogP contribution < -0.4 is 0 Å². The third-order valence-electron chi connectivity index (χ3n) is 2.79. The summed E-state index contributed by atoms with van der Waals surface area (Å²) in [4.78, 5) is 6.63. The predicted octanol–water partition coefficient (Wildman–Crippen LogP) is 2.33. The molecule has 0 aromatic carbocycles. The zero-order valence-corrected chi connectivity index (χ0v) is 12.5.